The molecule has 2 heterocycles. The van der Waals surface area contributed by atoms with Gasteiger partial charge in [-0.15, -0.1) is 0 Å². The Hall–Kier alpha value is -2.37. The molecule has 1 fully saturated rings. The maximum Gasteiger partial charge on any atom is 0.240 e. The van der Waals surface area contributed by atoms with Gasteiger partial charge in [-0.1, -0.05) is 48.5 Å². The summed E-state index contributed by atoms with van der Waals surface area (Å²) in [5.41, 5.74) is 8.02. The van der Waals surface area contributed by atoms with E-state index >= 15 is 0 Å². The van der Waals surface area contributed by atoms with E-state index in [0.717, 1.165) is 29.7 Å². The normalized spacial score (nSPS) is 19.7. The lowest BCUT2D eigenvalue weighted by Gasteiger charge is -2.39. The van der Waals surface area contributed by atoms with E-state index < -0.39 is 11.6 Å². The van der Waals surface area contributed by atoms with Crippen molar-refractivity contribution in [3.05, 3.63) is 65.7 Å². The van der Waals surface area contributed by atoms with Crippen LogP contribution >= 0.6 is 0 Å². The molecule has 2 aromatic carbocycles. The van der Waals surface area contributed by atoms with Crippen molar-refractivity contribution >= 4 is 5.91 Å². The third kappa shape index (κ3) is 3.99. The molecule has 2 N–H and O–H groups in total. The number of rotatable bonds is 3. The minimum absolute atomic E-state index is 0.0231. The van der Waals surface area contributed by atoms with E-state index in [2.05, 4.69) is 0 Å². The zero-order valence-electron chi connectivity index (χ0n) is 15.5. The Morgan fingerprint density at radius 3 is 2.56 bits per heavy atom. The predicted octanol–water partition coefficient (Wildman–Crippen LogP) is 2.53. The molecule has 0 saturated carbocycles. The molecule has 1 atom stereocenters. The molecule has 0 aromatic heterocycles. The van der Waals surface area contributed by atoms with Crippen LogP contribution in [0, 0.1) is 0 Å². The van der Waals surface area contributed by atoms with Crippen molar-refractivity contribution in [3.63, 3.8) is 0 Å². The van der Waals surface area contributed by atoms with Gasteiger partial charge in [-0.25, -0.2) is 0 Å². The average Bonchev–Trinajstić information content (AvgIpc) is 2.85. The summed E-state index contributed by atoms with van der Waals surface area (Å²) in [4.78, 5) is 15.1. The molecule has 0 unspecified atom stereocenters. The zero-order chi connectivity index (χ0) is 18.7. The molecule has 27 heavy (non-hydrogen) atoms. The Labute approximate surface area is 160 Å². The molecule has 1 saturated heterocycles. The molecule has 2 aliphatic heterocycles. The first-order valence-corrected chi connectivity index (χ1v) is 9.58. The van der Waals surface area contributed by atoms with Crippen LogP contribution in [-0.4, -0.2) is 42.2 Å². The number of ether oxygens (including phenoxy) is 2. The van der Waals surface area contributed by atoms with Crippen LogP contribution in [0.5, 0.6) is 5.75 Å². The molecule has 0 bridgehead atoms. The number of fused-ring (bicyclic) bond motifs is 1. The number of hydrogen-bond acceptors (Lipinski definition) is 4. The lowest BCUT2D eigenvalue weighted by molar-refractivity contribution is -0.137. The van der Waals surface area contributed by atoms with Crippen molar-refractivity contribution in [1.82, 2.24) is 4.90 Å². The van der Waals surface area contributed by atoms with Gasteiger partial charge in [-0.3, -0.25) is 4.79 Å². The molecule has 4 rings (SSSR count). The summed E-state index contributed by atoms with van der Waals surface area (Å²) in [6.07, 6.45) is 2.09. The molecule has 2 aliphatic rings. The van der Waals surface area contributed by atoms with Gasteiger partial charge in [0.2, 0.25) is 5.91 Å². The fourth-order valence-corrected chi connectivity index (χ4v) is 3.96. The molecule has 5 heteroatoms. The smallest absolute Gasteiger partial charge is 0.240 e. The van der Waals surface area contributed by atoms with Gasteiger partial charge < -0.3 is 20.1 Å². The van der Waals surface area contributed by atoms with E-state index in [9.17, 15) is 4.79 Å². The van der Waals surface area contributed by atoms with Gasteiger partial charge in [0.05, 0.1) is 25.8 Å². The maximum absolute atomic E-state index is 13.2. The topological polar surface area (TPSA) is 64.8 Å². The first-order chi connectivity index (χ1) is 13.2. The Kier molecular flexibility index (Phi) is 5.14. The number of nitrogens with zero attached hydrogens (tertiary/aromatic N) is 1. The third-order valence-corrected chi connectivity index (χ3v) is 5.47. The molecule has 2 aromatic rings. The number of nitrogens with two attached hydrogens (primary N) is 1. The van der Waals surface area contributed by atoms with E-state index in [1.54, 1.807) is 0 Å². The highest BCUT2D eigenvalue weighted by molar-refractivity contribution is 5.82. The number of carbonyl (C=O) groups excluding carboxylic acids is 1. The lowest BCUT2D eigenvalue weighted by Crippen LogP contribution is -2.54. The average molecular weight is 366 g/mol. The van der Waals surface area contributed by atoms with E-state index in [0.29, 0.717) is 32.7 Å². The van der Waals surface area contributed by atoms with Crippen molar-refractivity contribution in [2.45, 2.75) is 37.5 Å². The van der Waals surface area contributed by atoms with E-state index in [4.69, 9.17) is 15.2 Å². The second-order valence-electron chi connectivity index (χ2n) is 7.50. The van der Waals surface area contributed by atoms with Crippen LogP contribution in [0.25, 0.3) is 0 Å². The molecule has 0 aliphatic carbocycles. The molecular formula is C22H26N2O3. The molecule has 1 spiro atoms. The van der Waals surface area contributed by atoms with Crippen LogP contribution in [0.1, 0.15) is 24.0 Å². The number of hydrogen-bond donors (Lipinski definition) is 1. The molecule has 0 radical (unpaired) electrons. The van der Waals surface area contributed by atoms with Crippen molar-refractivity contribution < 1.29 is 14.3 Å². The van der Waals surface area contributed by atoms with Crippen LogP contribution in [0.15, 0.2) is 54.6 Å². The quantitative estimate of drug-likeness (QED) is 0.907. The molecule has 142 valence electrons. The number of carbonyl (C=O) groups is 1. The van der Waals surface area contributed by atoms with Crippen LogP contribution in [0.4, 0.5) is 0 Å². The summed E-state index contributed by atoms with van der Waals surface area (Å²) in [7, 11) is 0. The Morgan fingerprint density at radius 1 is 1.07 bits per heavy atom. The number of para-hydroxylation sites is 1. The minimum atomic E-state index is -0.561. The first-order valence-electron chi connectivity index (χ1n) is 9.58. The van der Waals surface area contributed by atoms with Crippen molar-refractivity contribution in [3.8, 4) is 5.75 Å². The second kappa shape index (κ2) is 7.71. The third-order valence-electron chi connectivity index (χ3n) is 5.47. The molecular weight excluding hydrogens is 340 g/mol. The van der Waals surface area contributed by atoms with Crippen LogP contribution < -0.4 is 10.5 Å². The monoisotopic (exact) mass is 366 g/mol. The first kappa shape index (κ1) is 18.0. The van der Waals surface area contributed by atoms with Gasteiger partial charge in [0.1, 0.15) is 11.4 Å². The highest BCUT2D eigenvalue weighted by Gasteiger charge is 2.41. The summed E-state index contributed by atoms with van der Waals surface area (Å²) in [5, 5.41) is 0. The molecule has 5 nitrogen and oxygen atoms in total. The fraction of sp³-hybridized carbons (Fsp3) is 0.409. The van der Waals surface area contributed by atoms with E-state index in [1.807, 2.05) is 59.5 Å². The van der Waals surface area contributed by atoms with Crippen molar-refractivity contribution in [2.75, 3.05) is 19.8 Å². The summed E-state index contributed by atoms with van der Waals surface area (Å²) in [6, 6.07) is 17.3. The van der Waals surface area contributed by atoms with Crippen LogP contribution in [0.2, 0.25) is 0 Å². The fourth-order valence-electron chi connectivity index (χ4n) is 3.96. The standard InChI is InChI=1S/C22H26N2O3/c23-19(14-17-6-2-1-3-7-17)21(25)24-15-18-8-4-5-9-20(18)27-22(16-24)10-12-26-13-11-22/h1-9,19H,10-16,23H2/t19-/m0/s1. The van der Waals surface area contributed by atoms with Crippen molar-refractivity contribution in [1.29, 1.82) is 0 Å². The Balaban J connectivity index is 1.57. The van der Waals surface area contributed by atoms with Gasteiger partial charge in [-0.2, -0.15) is 0 Å². The summed E-state index contributed by atoms with van der Waals surface area (Å²) in [5.74, 6) is 0.844. The van der Waals surface area contributed by atoms with E-state index in [1.165, 1.54) is 0 Å². The maximum atomic E-state index is 13.2. The van der Waals surface area contributed by atoms with Gasteiger partial charge in [0.15, 0.2) is 0 Å². The minimum Gasteiger partial charge on any atom is -0.485 e. The number of amides is 1. The van der Waals surface area contributed by atoms with Gasteiger partial charge in [0.25, 0.3) is 0 Å². The predicted molar refractivity (Wildman–Crippen MR) is 103 cm³/mol. The summed E-state index contributed by atoms with van der Waals surface area (Å²) >= 11 is 0. The van der Waals surface area contributed by atoms with Gasteiger partial charge in [-0.05, 0) is 18.1 Å². The Morgan fingerprint density at radius 2 is 1.78 bits per heavy atom. The highest BCUT2D eigenvalue weighted by atomic mass is 16.5. The van der Waals surface area contributed by atoms with E-state index in [-0.39, 0.29) is 5.91 Å². The largest absolute Gasteiger partial charge is 0.485 e. The van der Waals surface area contributed by atoms with Crippen LogP contribution in [-0.2, 0) is 22.5 Å². The number of benzene rings is 2. The summed E-state index contributed by atoms with van der Waals surface area (Å²) in [6.45, 7) is 2.38. The highest BCUT2D eigenvalue weighted by Crippen LogP contribution is 2.35. The second-order valence-corrected chi connectivity index (χ2v) is 7.50. The Bertz CT molecular complexity index is 787. The molecule has 1 amide bonds. The van der Waals surface area contributed by atoms with Crippen molar-refractivity contribution in [2.24, 2.45) is 5.73 Å². The van der Waals surface area contributed by atoms with Gasteiger partial charge in [0, 0.05) is 24.9 Å². The van der Waals surface area contributed by atoms with Crippen LogP contribution in [0.3, 0.4) is 0 Å². The van der Waals surface area contributed by atoms with Gasteiger partial charge >= 0.3 is 0 Å². The SMILES string of the molecule is N[C@@H](Cc1ccccc1)C(=O)N1Cc2ccccc2OC2(CCOCC2)C1. The zero-order valence-corrected chi connectivity index (χ0v) is 15.5. The summed E-state index contributed by atoms with van der Waals surface area (Å²) < 4.78 is 12.0. The lowest BCUT2D eigenvalue weighted by atomic mass is 9.93.